The van der Waals surface area contributed by atoms with Crippen molar-refractivity contribution in [3.05, 3.63) is 84.0 Å². The van der Waals surface area contributed by atoms with Gasteiger partial charge < -0.3 is 20.4 Å². The zero-order chi connectivity index (χ0) is 19.7. The van der Waals surface area contributed by atoms with Crippen molar-refractivity contribution >= 4 is 11.9 Å². The molecular formula is C20H18O6Zn. The molecule has 136 valence electrons. The van der Waals surface area contributed by atoms with Crippen molar-refractivity contribution in [2.75, 3.05) is 0 Å². The van der Waals surface area contributed by atoms with Crippen molar-refractivity contribution in [1.29, 1.82) is 0 Å². The van der Waals surface area contributed by atoms with E-state index in [2.05, 4.69) is 13.2 Å². The molecule has 2 aromatic carbocycles. The molecule has 6 nitrogen and oxygen atoms in total. The third kappa shape index (κ3) is 7.46. The normalized spacial score (nSPS) is 9.19. The Balaban J connectivity index is 0.000000483. The first-order chi connectivity index (χ1) is 12.3. The van der Waals surface area contributed by atoms with Crippen LogP contribution in [0.15, 0.2) is 61.7 Å². The third-order valence-electron chi connectivity index (χ3n) is 3.34. The average Bonchev–Trinajstić information content (AvgIpc) is 2.59. The van der Waals surface area contributed by atoms with Crippen molar-refractivity contribution in [3.8, 4) is 11.5 Å². The maximum Gasteiger partial charge on any atom is 2.00 e. The molecule has 0 fully saturated rings. The summed E-state index contributed by atoms with van der Waals surface area (Å²) in [4.78, 5) is 21.1. The zero-order valence-corrected chi connectivity index (χ0v) is 17.6. The Hall–Kier alpha value is -2.92. The third-order valence-corrected chi connectivity index (χ3v) is 3.34. The van der Waals surface area contributed by atoms with Gasteiger partial charge in [0.15, 0.2) is 0 Å². The van der Waals surface area contributed by atoms with Gasteiger partial charge in [0.05, 0.1) is 11.1 Å². The van der Waals surface area contributed by atoms with Crippen LogP contribution in [0, 0.1) is 0 Å². The minimum atomic E-state index is -1.02. The van der Waals surface area contributed by atoms with E-state index in [1.165, 1.54) is 36.4 Å². The molecule has 2 aromatic rings. The Morgan fingerprint density at radius 2 is 1.15 bits per heavy atom. The molecule has 2 rings (SSSR count). The van der Waals surface area contributed by atoms with Gasteiger partial charge in [-0.05, 0) is 37.1 Å². The van der Waals surface area contributed by atoms with E-state index in [0.29, 0.717) is 24.0 Å². The molecule has 0 aliphatic carbocycles. The molecule has 0 radical (unpaired) electrons. The summed E-state index contributed by atoms with van der Waals surface area (Å²) in [6.45, 7) is 6.97. The summed E-state index contributed by atoms with van der Waals surface area (Å²) in [5.74, 6) is -2.34. The summed E-state index contributed by atoms with van der Waals surface area (Å²) in [5.41, 5.74) is 1.21. The van der Waals surface area contributed by atoms with Crippen LogP contribution in [0.5, 0.6) is 11.5 Å². The predicted molar refractivity (Wildman–Crippen MR) is 93.5 cm³/mol. The smallest absolute Gasteiger partial charge is 0.872 e. The largest absolute Gasteiger partial charge is 2.00 e. The van der Waals surface area contributed by atoms with Crippen LogP contribution in [0.2, 0.25) is 0 Å². The van der Waals surface area contributed by atoms with Gasteiger partial charge in [-0.1, -0.05) is 35.4 Å². The molecule has 0 amide bonds. The second-order valence-corrected chi connectivity index (χ2v) is 5.24. The second-order valence-electron chi connectivity index (χ2n) is 5.24. The van der Waals surface area contributed by atoms with E-state index >= 15 is 0 Å². The summed E-state index contributed by atoms with van der Waals surface area (Å²) >= 11 is 0. The molecule has 0 aliphatic heterocycles. The molecule has 0 heterocycles. The molecule has 0 aliphatic rings. The quantitative estimate of drug-likeness (QED) is 0.547. The summed E-state index contributed by atoms with van der Waals surface area (Å²) in [7, 11) is 0. The number of hydrogen-bond donors (Lipinski definition) is 2. The van der Waals surface area contributed by atoms with E-state index in [-0.39, 0.29) is 42.1 Å². The van der Waals surface area contributed by atoms with E-state index in [1.807, 2.05) is 0 Å². The monoisotopic (exact) mass is 418 g/mol. The molecule has 27 heavy (non-hydrogen) atoms. The van der Waals surface area contributed by atoms with Gasteiger partial charge in [0.1, 0.15) is 0 Å². The Kier molecular flexibility index (Phi) is 10.4. The van der Waals surface area contributed by atoms with Crippen molar-refractivity contribution in [2.45, 2.75) is 12.8 Å². The minimum absolute atomic E-state index is 0. The van der Waals surface area contributed by atoms with Crippen LogP contribution in [-0.4, -0.2) is 22.2 Å². The second kappa shape index (κ2) is 11.7. The number of allylic oxidation sites excluding steroid dienone is 2. The van der Waals surface area contributed by atoms with Crippen LogP contribution < -0.4 is 10.2 Å². The van der Waals surface area contributed by atoms with Crippen molar-refractivity contribution in [2.24, 2.45) is 0 Å². The van der Waals surface area contributed by atoms with Gasteiger partial charge in [-0.25, -0.2) is 9.59 Å². The minimum Gasteiger partial charge on any atom is -0.872 e. The van der Waals surface area contributed by atoms with E-state index in [9.17, 15) is 19.8 Å². The number of aromatic carboxylic acids is 2. The molecule has 0 saturated heterocycles. The molecule has 0 saturated carbocycles. The van der Waals surface area contributed by atoms with E-state index in [0.717, 1.165) is 0 Å². The number of hydrogen-bond acceptors (Lipinski definition) is 4. The van der Waals surface area contributed by atoms with Gasteiger partial charge in [-0.3, -0.25) is 0 Å². The summed E-state index contributed by atoms with van der Waals surface area (Å²) < 4.78 is 0. The summed E-state index contributed by atoms with van der Waals surface area (Å²) in [6, 6.07) is 7.90. The summed E-state index contributed by atoms with van der Waals surface area (Å²) in [6.07, 6.45) is 3.95. The first-order valence-corrected chi connectivity index (χ1v) is 7.58. The van der Waals surface area contributed by atoms with Gasteiger partial charge in [-0.15, -0.1) is 24.7 Å². The number of benzene rings is 2. The van der Waals surface area contributed by atoms with E-state index in [1.54, 1.807) is 12.2 Å². The van der Waals surface area contributed by atoms with Crippen LogP contribution in [-0.2, 0) is 32.3 Å². The van der Waals surface area contributed by atoms with Crippen LogP contribution in [0.1, 0.15) is 31.8 Å². The number of carbonyl (C=O) groups is 2. The van der Waals surface area contributed by atoms with Crippen molar-refractivity contribution in [1.82, 2.24) is 0 Å². The van der Waals surface area contributed by atoms with Crippen molar-refractivity contribution in [3.63, 3.8) is 0 Å². The van der Waals surface area contributed by atoms with Crippen LogP contribution in [0.3, 0.4) is 0 Å². The Labute approximate surface area is 169 Å². The summed E-state index contributed by atoms with van der Waals surface area (Å²) in [5, 5.41) is 39.6. The molecule has 0 spiro atoms. The predicted octanol–water partition coefficient (Wildman–Crippen LogP) is 2.37. The molecule has 0 aromatic heterocycles. The fourth-order valence-electron chi connectivity index (χ4n) is 2.06. The zero-order valence-electron chi connectivity index (χ0n) is 14.7. The maximum absolute atomic E-state index is 11.1. The van der Waals surface area contributed by atoms with Gasteiger partial charge >= 0.3 is 31.4 Å². The van der Waals surface area contributed by atoms with Gasteiger partial charge in [-0.2, -0.15) is 0 Å². The molecule has 0 bridgehead atoms. The first kappa shape index (κ1) is 24.1. The van der Waals surface area contributed by atoms with Crippen LogP contribution in [0.4, 0.5) is 0 Å². The maximum atomic E-state index is 11.1. The first-order valence-electron chi connectivity index (χ1n) is 7.58. The Morgan fingerprint density at radius 3 is 1.41 bits per heavy atom. The van der Waals surface area contributed by atoms with Crippen LogP contribution in [0.25, 0.3) is 0 Å². The van der Waals surface area contributed by atoms with E-state index in [4.69, 9.17) is 10.2 Å². The van der Waals surface area contributed by atoms with Crippen LogP contribution >= 0.6 is 0 Å². The molecule has 7 heteroatoms. The molecular weight excluding hydrogens is 402 g/mol. The standard InChI is InChI=1S/2C10H10O3.Zn/c2*1-2-3-7-6-8(10(12)13)4-5-9(7)11;/h2*2,4-6,11H,1,3H2,(H,12,13);/q;;+2/p-2. The fourth-order valence-corrected chi connectivity index (χ4v) is 2.06. The SMILES string of the molecule is C=CCc1cc(C(=O)O)ccc1[O-].C=CCc1cc(C(=O)O)ccc1[O-].[Zn+2]. The Bertz CT molecular complexity index is 760. The van der Waals surface area contributed by atoms with Gasteiger partial charge in [0.25, 0.3) is 0 Å². The average molecular weight is 420 g/mol. The van der Waals surface area contributed by atoms with Crippen molar-refractivity contribution < 1.29 is 49.5 Å². The Morgan fingerprint density at radius 1 is 0.815 bits per heavy atom. The molecule has 2 N–H and O–H groups in total. The topological polar surface area (TPSA) is 121 Å². The molecule has 0 unspecified atom stereocenters. The number of carboxylic acids is 2. The molecule has 0 atom stereocenters. The fraction of sp³-hybridized carbons (Fsp3) is 0.100. The number of carboxylic acid groups (broad SMARTS) is 2. The van der Waals surface area contributed by atoms with Gasteiger partial charge in [0.2, 0.25) is 0 Å². The number of rotatable bonds is 6. The van der Waals surface area contributed by atoms with E-state index < -0.39 is 11.9 Å². The van der Waals surface area contributed by atoms with Gasteiger partial charge in [0, 0.05) is 0 Å².